The first-order valence-corrected chi connectivity index (χ1v) is 13.7. The molecule has 2 N–H and O–H groups in total. The van der Waals surface area contributed by atoms with Crippen LogP contribution in [0.5, 0.6) is 0 Å². The third kappa shape index (κ3) is 5.98. The van der Waals surface area contributed by atoms with Gasteiger partial charge in [0.15, 0.2) is 0 Å². The Bertz CT molecular complexity index is 1510. The van der Waals surface area contributed by atoms with Crippen molar-refractivity contribution in [1.29, 1.82) is 0 Å². The third-order valence-corrected chi connectivity index (χ3v) is 7.84. The number of aryl methyl sites for hydroxylation is 2. The predicted octanol–water partition coefficient (Wildman–Crippen LogP) is 5.37. The van der Waals surface area contributed by atoms with E-state index in [0.29, 0.717) is 35.9 Å². The fourth-order valence-electron chi connectivity index (χ4n) is 5.57. The van der Waals surface area contributed by atoms with Gasteiger partial charge in [-0.2, -0.15) is 5.10 Å². The minimum absolute atomic E-state index is 0.166. The lowest BCUT2D eigenvalue weighted by Crippen LogP contribution is -2.41. The molecule has 4 aromatic rings. The van der Waals surface area contributed by atoms with E-state index in [0.717, 1.165) is 28.8 Å². The zero-order valence-electron chi connectivity index (χ0n) is 24.1. The number of likely N-dealkylation sites (tertiary alicyclic amines) is 1. The Balaban J connectivity index is 1.45. The van der Waals surface area contributed by atoms with Gasteiger partial charge in [-0.05, 0) is 70.0 Å². The lowest BCUT2D eigenvalue weighted by Gasteiger charge is -2.28. The molecule has 5 rings (SSSR count). The van der Waals surface area contributed by atoms with Crippen LogP contribution in [0.15, 0.2) is 60.9 Å². The van der Waals surface area contributed by atoms with E-state index >= 15 is 0 Å². The van der Waals surface area contributed by atoms with Crippen LogP contribution < -0.4 is 10.6 Å². The van der Waals surface area contributed by atoms with Crippen molar-refractivity contribution in [3.05, 3.63) is 89.3 Å². The normalized spacial score (nSPS) is 18.9. The summed E-state index contributed by atoms with van der Waals surface area (Å²) < 4.78 is 21.6. The molecule has 0 aliphatic carbocycles. The number of hydrogen-bond acceptors (Lipinski definition) is 6. The van der Waals surface area contributed by atoms with E-state index < -0.39 is 0 Å². The smallest absolute Gasteiger partial charge is 0.320 e. The van der Waals surface area contributed by atoms with Crippen molar-refractivity contribution in [2.75, 3.05) is 26.1 Å². The fourth-order valence-corrected chi connectivity index (χ4v) is 5.57. The highest BCUT2D eigenvalue weighted by molar-refractivity contribution is 5.91. The molecule has 9 nitrogen and oxygen atoms in total. The monoisotopic (exact) mass is 557 g/mol. The molecule has 1 fully saturated rings. The molecule has 0 radical (unpaired) electrons. The Morgan fingerprint density at radius 2 is 1.83 bits per heavy atom. The Labute approximate surface area is 239 Å². The van der Waals surface area contributed by atoms with E-state index in [1.54, 1.807) is 43.2 Å². The Morgan fingerprint density at radius 3 is 2.51 bits per heavy atom. The molecule has 2 amide bonds. The van der Waals surface area contributed by atoms with Gasteiger partial charge in [-0.1, -0.05) is 30.3 Å². The summed E-state index contributed by atoms with van der Waals surface area (Å²) in [5.41, 5.74) is 4.44. The molecule has 2 aromatic heterocycles. The van der Waals surface area contributed by atoms with Gasteiger partial charge in [-0.3, -0.25) is 10.2 Å². The maximum absolute atomic E-state index is 14.6. The lowest BCUT2D eigenvalue weighted by atomic mass is 9.98. The molecule has 1 aliphatic heterocycles. The Hall–Kier alpha value is -4.15. The minimum atomic E-state index is -0.361. The summed E-state index contributed by atoms with van der Waals surface area (Å²) in [6.45, 7) is 6.09. The number of nitrogens with one attached hydrogen (secondary N) is 2. The van der Waals surface area contributed by atoms with Crippen LogP contribution in [-0.2, 0) is 4.74 Å². The largest absolute Gasteiger partial charge is 0.385 e. The van der Waals surface area contributed by atoms with E-state index in [2.05, 4.69) is 25.5 Å². The van der Waals surface area contributed by atoms with Crippen molar-refractivity contribution in [2.24, 2.45) is 0 Å². The van der Waals surface area contributed by atoms with E-state index in [1.165, 1.54) is 0 Å². The van der Waals surface area contributed by atoms with Crippen molar-refractivity contribution in [3.8, 4) is 16.9 Å². The van der Waals surface area contributed by atoms with Gasteiger partial charge in [-0.15, -0.1) is 0 Å². The highest BCUT2D eigenvalue weighted by Gasteiger charge is 2.40. The van der Waals surface area contributed by atoms with E-state index in [1.807, 2.05) is 57.3 Å². The van der Waals surface area contributed by atoms with E-state index in [4.69, 9.17) is 9.84 Å². The number of likely N-dealkylation sites (N-methyl/N-ethyl adjacent to an activating group) is 1. The number of methoxy groups -OCH3 is 1. The number of benzene rings is 2. The SMILES string of the molecule is COCC[C@@H]1C[C@@H](NC(=O)Nc2c(C)c(-c3cnc(C)nc3)nn2-c2ccccc2)[C@H](c2ccc(C)c(F)c2)N1C. The summed E-state index contributed by atoms with van der Waals surface area (Å²) >= 11 is 0. The number of halogens is 1. The number of aromatic nitrogens is 4. The topological polar surface area (TPSA) is 97.2 Å². The lowest BCUT2D eigenvalue weighted by molar-refractivity contribution is 0.150. The summed E-state index contributed by atoms with van der Waals surface area (Å²) in [7, 11) is 3.70. The summed E-state index contributed by atoms with van der Waals surface area (Å²) in [4.78, 5) is 24.5. The number of urea groups is 1. The molecule has 1 saturated heterocycles. The molecule has 1 aliphatic rings. The fraction of sp³-hybridized carbons (Fsp3) is 0.355. The molecule has 214 valence electrons. The maximum Gasteiger partial charge on any atom is 0.320 e. The summed E-state index contributed by atoms with van der Waals surface area (Å²) in [6, 6.07) is 14.3. The summed E-state index contributed by atoms with van der Waals surface area (Å²) in [6.07, 6.45) is 4.98. The minimum Gasteiger partial charge on any atom is -0.385 e. The van der Waals surface area contributed by atoms with Crippen molar-refractivity contribution in [3.63, 3.8) is 0 Å². The standard InChI is InChI=1S/C31H36FN7O2/c1-19-11-12-22(15-26(19)32)29-27(16-25(38(29)4)13-14-41-5)35-31(40)36-30-20(2)28(23-17-33-21(3)34-18-23)37-39(30)24-9-7-6-8-10-24/h6-12,15,17-18,25,27,29H,13-14,16H2,1-5H3,(H2,35,36,40)/t25-,27-,29+/m1/s1. The second-order valence-electron chi connectivity index (χ2n) is 10.6. The number of hydrogen-bond donors (Lipinski definition) is 2. The maximum atomic E-state index is 14.6. The van der Waals surface area contributed by atoms with Gasteiger partial charge in [0.05, 0.1) is 17.8 Å². The molecule has 3 atom stereocenters. The average molecular weight is 558 g/mol. The van der Waals surface area contributed by atoms with E-state index in [9.17, 15) is 9.18 Å². The molecule has 0 bridgehead atoms. The molecule has 41 heavy (non-hydrogen) atoms. The van der Waals surface area contributed by atoms with Crippen molar-refractivity contribution in [1.82, 2.24) is 30.0 Å². The molecule has 2 aromatic carbocycles. The van der Waals surface area contributed by atoms with Gasteiger partial charge in [-0.25, -0.2) is 23.8 Å². The predicted molar refractivity (Wildman–Crippen MR) is 157 cm³/mol. The van der Waals surface area contributed by atoms with Crippen molar-refractivity contribution in [2.45, 2.75) is 51.7 Å². The molecule has 0 saturated carbocycles. The third-order valence-electron chi connectivity index (χ3n) is 7.84. The zero-order chi connectivity index (χ0) is 29.1. The first-order valence-electron chi connectivity index (χ1n) is 13.7. The first-order chi connectivity index (χ1) is 19.8. The number of rotatable bonds is 8. The summed E-state index contributed by atoms with van der Waals surface area (Å²) in [5.74, 6) is 0.957. The van der Waals surface area contributed by atoms with Crippen LogP contribution in [0.3, 0.4) is 0 Å². The molecule has 3 heterocycles. The van der Waals surface area contributed by atoms with Crippen LogP contribution in [0.4, 0.5) is 15.0 Å². The van der Waals surface area contributed by atoms with Crippen LogP contribution in [0.1, 0.15) is 41.4 Å². The molecular weight excluding hydrogens is 521 g/mol. The number of carbonyl (C=O) groups excluding carboxylic acids is 1. The number of carbonyl (C=O) groups is 1. The number of amides is 2. The zero-order valence-corrected chi connectivity index (χ0v) is 24.1. The molecular formula is C31H36FN7O2. The van der Waals surface area contributed by atoms with Crippen LogP contribution in [0.25, 0.3) is 16.9 Å². The average Bonchev–Trinajstić information content (AvgIpc) is 3.45. The Kier molecular flexibility index (Phi) is 8.41. The molecule has 10 heteroatoms. The van der Waals surface area contributed by atoms with E-state index in [-0.39, 0.29) is 30.0 Å². The van der Waals surface area contributed by atoms with Gasteiger partial charge in [0.25, 0.3) is 0 Å². The van der Waals surface area contributed by atoms with Crippen molar-refractivity contribution < 1.29 is 13.9 Å². The van der Waals surface area contributed by atoms with Gasteiger partial charge in [0.1, 0.15) is 23.2 Å². The molecule has 0 spiro atoms. The molecule has 0 unspecified atom stereocenters. The first kappa shape index (κ1) is 28.4. The van der Waals surface area contributed by atoms with Gasteiger partial charge >= 0.3 is 6.03 Å². The van der Waals surface area contributed by atoms with Crippen LogP contribution >= 0.6 is 0 Å². The number of anilines is 1. The van der Waals surface area contributed by atoms with Gasteiger partial charge in [0, 0.05) is 43.3 Å². The van der Waals surface area contributed by atoms with Crippen LogP contribution in [0, 0.1) is 26.6 Å². The van der Waals surface area contributed by atoms with Gasteiger partial charge < -0.3 is 10.1 Å². The highest BCUT2D eigenvalue weighted by atomic mass is 19.1. The van der Waals surface area contributed by atoms with Crippen LogP contribution in [-0.4, -0.2) is 63.5 Å². The Morgan fingerprint density at radius 1 is 1.10 bits per heavy atom. The number of nitrogens with zero attached hydrogens (tertiary/aromatic N) is 5. The highest BCUT2D eigenvalue weighted by Crippen LogP contribution is 2.37. The van der Waals surface area contributed by atoms with Gasteiger partial charge in [0.2, 0.25) is 0 Å². The van der Waals surface area contributed by atoms with Crippen molar-refractivity contribution >= 4 is 11.8 Å². The quantitative estimate of drug-likeness (QED) is 0.303. The van der Waals surface area contributed by atoms with Crippen LogP contribution in [0.2, 0.25) is 0 Å². The number of ether oxygens (including phenoxy) is 1. The second kappa shape index (κ2) is 12.2. The summed E-state index contributed by atoms with van der Waals surface area (Å²) in [5, 5.41) is 11.1. The number of para-hydroxylation sites is 1. The second-order valence-corrected chi connectivity index (χ2v) is 10.6.